The molecule has 1 rings (SSSR count). The van der Waals surface area contributed by atoms with Crippen molar-refractivity contribution in [3.63, 3.8) is 0 Å². The molecule has 1 aromatic carbocycles. The molecule has 0 unspecified atom stereocenters. The van der Waals surface area contributed by atoms with Crippen molar-refractivity contribution < 1.29 is 14.6 Å². The first-order chi connectivity index (χ1) is 12.6. The number of methoxy groups -OCH3 is 2. The molecular weight excluding hydrogens is 459 g/mol. The highest BCUT2D eigenvalue weighted by Gasteiger charge is 2.04. The zero-order valence-electron chi connectivity index (χ0n) is 17.0. The third-order valence-electron chi connectivity index (χ3n) is 3.93. The number of phenols is 1. The standard InChI is InChI=1S/C19H34N4O3.HI/c1-5-20-19(22-11-13-23(2)12-6-14-25-3)21-10-9-16-7-8-17(24)18(15-16)26-4;/h7-8,15,24H,5-6,9-14H2,1-4H3,(H2,20,21,22);1H. The van der Waals surface area contributed by atoms with E-state index in [2.05, 4.69) is 34.5 Å². The zero-order chi connectivity index (χ0) is 19.2. The average molecular weight is 494 g/mol. The maximum Gasteiger partial charge on any atom is 0.191 e. The predicted octanol–water partition coefficient (Wildman–Crippen LogP) is 2.08. The largest absolute Gasteiger partial charge is 0.504 e. The van der Waals surface area contributed by atoms with Gasteiger partial charge in [-0.3, -0.25) is 4.99 Å². The molecule has 0 radical (unpaired) electrons. The van der Waals surface area contributed by atoms with Gasteiger partial charge >= 0.3 is 0 Å². The van der Waals surface area contributed by atoms with E-state index in [-0.39, 0.29) is 29.7 Å². The summed E-state index contributed by atoms with van der Waals surface area (Å²) in [4.78, 5) is 6.88. The second-order valence-corrected chi connectivity index (χ2v) is 6.09. The first kappa shape index (κ1) is 25.7. The third-order valence-corrected chi connectivity index (χ3v) is 3.93. The lowest BCUT2D eigenvalue weighted by molar-refractivity contribution is 0.180. The van der Waals surface area contributed by atoms with Gasteiger partial charge in [-0.25, -0.2) is 0 Å². The molecule has 0 aliphatic rings. The molecule has 156 valence electrons. The number of aliphatic imine (C=N–C) groups is 1. The monoisotopic (exact) mass is 494 g/mol. The van der Waals surface area contributed by atoms with Crippen LogP contribution in [0.2, 0.25) is 0 Å². The molecule has 0 spiro atoms. The minimum atomic E-state index is 0. The molecule has 8 heteroatoms. The number of nitrogens with zero attached hydrogens (tertiary/aromatic N) is 2. The van der Waals surface area contributed by atoms with E-state index in [1.54, 1.807) is 20.3 Å². The molecule has 3 N–H and O–H groups in total. The highest BCUT2D eigenvalue weighted by atomic mass is 127. The number of rotatable bonds is 12. The fourth-order valence-corrected chi connectivity index (χ4v) is 2.47. The van der Waals surface area contributed by atoms with Crippen molar-refractivity contribution in [3.8, 4) is 11.5 Å². The fraction of sp³-hybridized carbons (Fsp3) is 0.632. The Morgan fingerprint density at radius 3 is 2.67 bits per heavy atom. The van der Waals surface area contributed by atoms with Crippen molar-refractivity contribution in [2.45, 2.75) is 19.8 Å². The number of ether oxygens (including phenoxy) is 2. The van der Waals surface area contributed by atoms with Crippen LogP contribution in [0.5, 0.6) is 11.5 Å². The topological polar surface area (TPSA) is 78.4 Å². The highest BCUT2D eigenvalue weighted by molar-refractivity contribution is 14.0. The Morgan fingerprint density at radius 2 is 2.00 bits per heavy atom. The summed E-state index contributed by atoms with van der Waals surface area (Å²) in [5.74, 6) is 1.48. The lowest BCUT2D eigenvalue weighted by Crippen LogP contribution is -2.39. The number of aromatic hydroxyl groups is 1. The van der Waals surface area contributed by atoms with Gasteiger partial charge in [-0.05, 0) is 44.5 Å². The normalized spacial score (nSPS) is 11.2. The van der Waals surface area contributed by atoms with Gasteiger partial charge in [0.1, 0.15) is 0 Å². The minimum absolute atomic E-state index is 0. The van der Waals surface area contributed by atoms with Crippen molar-refractivity contribution in [1.29, 1.82) is 0 Å². The summed E-state index contributed by atoms with van der Waals surface area (Å²) in [7, 11) is 5.38. The van der Waals surface area contributed by atoms with Crippen molar-refractivity contribution in [2.24, 2.45) is 4.99 Å². The van der Waals surface area contributed by atoms with Gasteiger partial charge in [-0.2, -0.15) is 0 Å². The molecule has 0 fully saturated rings. The number of halogens is 1. The summed E-state index contributed by atoms with van der Waals surface area (Å²) in [6.45, 7) is 7.09. The van der Waals surface area contributed by atoms with Crippen molar-refractivity contribution in [2.75, 3.05) is 60.6 Å². The van der Waals surface area contributed by atoms with Crippen molar-refractivity contribution >= 4 is 29.9 Å². The molecule has 0 bridgehead atoms. The number of nitrogens with one attached hydrogen (secondary N) is 2. The highest BCUT2D eigenvalue weighted by Crippen LogP contribution is 2.26. The third kappa shape index (κ3) is 11.2. The van der Waals surface area contributed by atoms with Gasteiger partial charge in [0.15, 0.2) is 17.5 Å². The number of likely N-dealkylation sites (N-methyl/N-ethyl adjacent to an activating group) is 1. The van der Waals surface area contributed by atoms with E-state index in [0.29, 0.717) is 5.75 Å². The van der Waals surface area contributed by atoms with Crippen LogP contribution in [0.4, 0.5) is 0 Å². The summed E-state index contributed by atoms with van der Waals surface area (Å²) < 4.78 is 10.2. The Morgan fingerprint density at radius 1 is 1.22 bits per heavy atom. The minimum Gasteiger partial charge on any atom is -0.504 e. The number of hydrogen-bond acceptors (Lipinski definition) is 5. The van der Waals surface area contributed by atoms with Crippen molar-refractivity contribution in [1.82, 2.24) is 15.5 Å². The van der Waals surface area contributed by atoms with Crippen LogP contribution in [-0.4, -0.2) is 76.6 Å². The van der Waals surface area contributed by atoms with Crippen LogP contribution in [0.25, 0.3) is 0 Å². The summed E-state index contributed by atoms with van der Waals surface area (Å²) in [6, 6.07) is 5.42. The van der Waals surface area contributed by atoms with Gasteiger partial charge < -0.3 is 30.1 Å². The van der Waals surface area contributed by atoms with Gasteiger partial charge in [0.05, 0.1) is 13.7 Å². The van der Waals surface area contributed by atoms with E-state index in [0.717, 1.165) is 63.7 Å². The molecule has 0 heterocycles. The molecule has 0 aliphatic carbocycles. The molecule has 0 saturated heterocycles. The molecule has 0 aromatic heterocycles. The number of benzene rings is 1. The molecule has 1 aromatic rings. The Bertz CT molecular complexity index is 544. The molecule has 0 atom stereocenters. The second-order valence-electron chi connectivity index (χ2n) is 6.09. The second kappa shape index (κ2) is 15.8. The van der Waals surface area contributed by atoms with Gasteiger partial charge in [-0.1, -0.05) is 6.07 Å². The van der Waals surface area contributed by atoms with Crippen LogP contribution >= 0.6 is 24.0 Å². The maximum absolute atomic E-state index is 9.65. The van der Waals surface area contributed by atoms with E-state index < -0.39 is 0 Å². The molecular formula is C19H35IN4O3. The summed E-state index contributed by atoms with van der Waals surface area (Å²) in [6.07, 6.45) is 1.85. The number of guanidine groups is 1. The van der Waals surface area contributed by atoms with E-state index in [9.17, 15) is 5.11 Å². The van der Waals surface area contributed by atoms with Crippen LogP contribution < -0.4 is 15.4 Å². The predicted molar refractivity (Wildman–Crippen MR) is 122 cm³/mol. The van der Waals surface area contributed by atoms with Crippen molar-refractivity contribution in [3.05, 3.63) is 23.8 Å². The first-order valence-electron chi connectivity index (χ1n) is 9.16. The van der Waals surface area contributed by atoms with Gasteiger partial charge in [-0.15, -0.1) is 24.0 Å². The summed E-state index contributed by atoms with van der Waals surface area (Å²) in [5, 5.41) is 16.3. The molecule has 0 aliphatic heterocycles. The van der Waals surface area contributed by atoms with Crippen LogP contribution in [0.15, 0.2) is 23.2 Å². The van der Waals surface area contributed by atoms with E-state index in [4.69, 9.17) is 9.47 Å². The van der Waals surface area contributed by atoms with Crippen LogP contribution in [0.1, 0.15) is 18.9 Å². The molecule has 7 nitrogen and oxygen atoms in total. The van der Waals surface area contributed by atoms with Gasteiger partial charge in [0.2, 0.25) is 0 Å². The Balaban J connectivity index is 0.00000676. The smallest absolute Gasteiger partial charge is 0.191 e. The van der Waals surface area contributed by atoms with E-state index >= 15 is 0 Å². The summed E-state index contributed by atoms with van der Waals surface area (Å²) in [5.41, 5.74) is 1.10. The van der Waals surface area contributed by atoms with Crippen LogP contribution in [-0.2, 0) is 11.2 Å². The number of phenolic OH excluding ortho intramolecular Hbond substituents is 1. The lowest BCUT2D eigenvalue weighted by Gasteiger charge is -2.16. The zero-order valence-corrected chi connectivity index (χ0v) is 19.3. The molecule has 0 amide bonds. The maximum atomic E-state index is 9.65. The quantitative estimate of drug-likeness (QED) is 0.179. The Hall–Kier alpha value is -1.26. The Kier molecular flexibility index (Phi) is 15.0. The summed E-state index contributed by atoms with van der Waals surface area (Å²) >= 11 is 0. The fourth-order valence-electron chi connectivity index (χ4n) is 2.47. The molecule has 0 saturated carbocycles. The molecule has 27 heavy (non-hydrogen) atoms. The van der Waals surface area contributed by atoms with Gasteiger partial charge in [0, 0.05) is 39.9 Å². The van der Waals surface area contributed by atoms with Crippen LogP contribution in [0.3, 0.4) is 0 Å². The van der Waals surface area contributed by atoms with Gasteiger partial charge in [0.25, 0.3) is 0 Å². The lowest BCUT2D eigenvalue weighted by atomic mass is 10.1. The average Bonchev–Trinajstić information content (AvgIpc) is 2.63. The Labute approximate surface area is 180 Å². The van der Waals surface area contributed by atoms with E-state index in [1.165, 1.54) is 0 Å². The SMILES string of the molecule is CCNC(=NCCN(C)CCCOC)NCCc1ccc(O)c(OC)c1.I. The number of hydrogen-bond donors (Lipinski definition) is 3. The van der Waals surface area contributed by atoms with Crippen LogP contribution in [0, 0.1) is 0 Å². The van der Waals surface area contributed by atoms with E-state index in [1.807, 2.05) is 12.1 Å². The first-order valence-corrected chi connectivity index (χ1v) is 9.16.